The number of esters is 3. The van der Waals surface area contributed by atoms with Gasteiger partial charge in [0.15, 0.2) is 0 Å². The summed E-state index contributed by atoms with van der Waals surface area (Å²) in [5.74, 6) is -1.58. The van der Waals surface area contributed by atoms with Crippen LogP contribution in [0.4, 0.5) is 0 Å². The van der Waals surface area contributed by atoms with E-state index in [1.807, 2.05) is 28.2 Å². The van der Waals surface area contributed by atoms with Crippen molar-refractivity contribution in [1.82, 2.24) is 0 Å². The molecule has 3 aromatic carbocycles. The Kier molecular flexibility index (Phi) is 13.9. The molecule has 234 valence electrons. The zero-order valence-electron chi connectivity index (χ0n) is 25.3. The molecule has 1 aliphatic heterocycles. The van der Waals surface area contributed by atoms with Crippen molar-refractivity contribution in [3.05, 3.63) is 108 Å². The van der Waals surface area contributed by atoms with Gasteiger partial charge in [0.2, 0.25) is 0 Å². The van der Waals surface area contributed by atoms with E-state index in [4.69, 9.17) is 18.9 Å². The Morgan fingerprint density at radius 2 is 1.20 bits per heavy atom. The van der Waals surface area contributed by atoms with E-state index in [0.29, 0.717) is 23.1 Å². The number of rotatable bonds is 15. The Balaban J connectivity index is 1.61. The van der Waals surface area contributed by atoms with Gasteiger partial charge < -0.3 is 0 Å². The molecule has 4 rings (SSSR count). The molecule has 0 amide bonds. The summed E-state index contributed by atoms with van der Waals surface area (Å²) in [6.45, 7) is 4.25. The number of carbonyl (C=O) groups excluding carboxylic acids is 3. The van der Waals surface area contributed by atoms with Crippen LogP contribution in [-0.4, -0.2) is 61.8 Å². The van der Waals surface area contributed by atoms with E-state index in [1.54, 1.807) is 72.8 Å². The van der Waals surface area contributed by atoms with E-state index in [1.165, 1.54) is 23.3 Å². The number of benzene rings is 3. The molecule has 1 heterocycles. The van der Waals surface area contributed by atoms with Gasteiger partial charge in [-0.25, -0.2) is 0 Å². The molecule has 0 aliphatic carbocycles. The first-order valence-corrected chi connectivity index (χ1v) is 21.1. The molecule has 1 saturated heterocycles. The SMILES string of the molecule is CCCC[As](CCCC)S[C@H]1C[C@@H](OC(=O)c2ccccc2)[C@H](OC(=O)c2ccccc2)[C@@H](COC(=O)c2ccccc2)O1. The van der Waals surface area contributed by atoms with Crippen molar-refractivity contribution in [3.8, 4) is 0 Å². The molecule has 1 fully saturated rings. The summed E-state index contributed by atoms with van der Waals surface area (Å²) in [5, 5.41) is 2.39. The minimum absolute atomic E-state index is 0.159. The summed E-state index contributed by atoms with van der Waals surface area (Å²) >= 11 is -1.32. The zero-order valence-corrected chi connectivity index (χ0v) is 28.0. The summed E-state index contributed by atoms with van der Waals surface area (Å²) in [7, 11) is 1.88. The fourth-order valence-corrected chi connectivity index (χ4v) is 14.7. The number of hydrogen-bond acceptors (Lipinski definition) is 8. The molecule has 0 saturated carbocycles. The molecule has 0 spiro atoms. The average molecular weight is 681 g/mol. The van der Waals surface area contributed by atoms with Crippen molar-refractivity contribution in [1.29, 1.82) is 0 Å². The van der Waals surface area contributed by atoms with Crippen LogP contribution in [0.2, 0.25) is 10.4 Å². The molecule has 3 aromatic rings. The van der Waals surface area contributed by atoms with E-state index in [2.05, 4.69) is 13.8 Å². The summed E-state index contributed by atoms with van der Waals surface area (Å²) in [5.41, 5.74) is 0.890. The molecule has 0 unspecified atom stereocenters. The molecule has 0 N–H and O–H groups in total. The van der Waals surface area contributed by atoms with Crippen molar-refractivity contribution in [2.45, 2.75) is 80.1 Å². The predicted octanol–water partition coefficient (Wildman–Crippen LogP) is 7.73. The summed E-state index contributed by atoms with van der Waals surface area (Å²) in [6.07, 6.45) is 2.37. The first-order chi connectivity index (χ1) is 21.5. The Labute approximate surface area is 268 Å². The standard InChI is InChI=1S/C35H41AsO7S/c1-3-5-22-36(23-6-4-2)44-31-24-29(42-34(38)27-18-12-8-13-19-27)32(43-35(39)28-20-14-9-15-21-28)30(41-31)25-40-33(37)26-16-10-7-11-17-26/h7-21,29-32H,3-6,22-25H2,1-2H3/t29-,30-,31+,32+/m1/s1. The molecule has 44 heavy (non-hydrogen) atoms. The van der Waals surface area contributed by atoms with Crippen LogP contribution in [0.1, 0.15) is 77.0 Å². The maximum atomic E-state index is 13.3. The molecule has 4 atom stereocenters. The summed E-state index contributed by atoms with van der Waals surface area (Å²) < 4.78 is 24.4. The van der Waals surface area contributed by atoms with Crippen LogP contribution in [0.5, 0.6) is 0 Å². The van der Waals surface area contributed by atoms with E-state index in [-0.39, 0.29) is 12.0 Å². The molecule has 0 aromatic heterocycles. The van der Waals surface area contributed by atoms with E-state index >= 15 is 0 Å². The third kappa shape index (κ3) is 10.3. The minimum atomic E-state index is -1.32. The van der Waals surface area contributed by atoms with Crippen LogP contribution in [-0.2, 0) is 18.9 Å². The molecule has 9 heteroatoms. The third-order valence-corrected chi connectivity index (χ3v) is 16.7. The van der Waals surface area contributed by atoms with Crippen LogP contribution in [0.25, 0.3) is 0 Å². The molecule has 7 nitrogen and oxygen atoms in total. The van der Waals surface area contributed by atoms with Gasteiger partial charge >= 0.3 is 269 Å². The van der Waals surface area contributed by atoms with Gasteiger partial charge in [-0.05, 0) is 0 Å². The van der Waals surface area contributed by atoms with Crippen molar-refractivity contribution in [2.24, 2.45) is 0 Å². The topological polar surface area (TPSA) is 88.1 Å². The second kappa shape index (κ2) is 18.0. The second-order valence-electron chi connectivity index (χ2n) is 10.6. The van der Waals surface area contributed by atoms with E-state index in [0.717, 1.165) is 12.8 Å². The number of hydrogen-bond donors (Lipinski definition) is 0. The first kappa shape index (κ1) is 33.8. The number of ether oxygens (including phenoxy) is 4. The third-order valence-electron chi connectivity index (χ3n) is 7.18. The van der Waals surface area contributed by atoms with Gasteiger partial charge in [-0.1, -0.05) is 0 Å². The van der Waals surface area contributed by atoms with Gasteiger partial charge in [0.25, 0.3) is 0 Å². The molecular weight excluding hydrogens is 639 g/mol. The Morgan fingerprint density at radius 1 is 0.727 bits per heavy atom. The predicted molar refractivity (Wildman–Crippen MR) is 174 cm³/mol. The van der Waals surface area contributed by atoms with Crippen molar-refractivity contribution in [3.63, 3.8) is 0 Å². The Hall–Kier alpha value is -3.06. The quantitative estimate of drug-likeness (QED) is 0.0916. The van der Waals surface area contributed by atoms with E-state index in [9.17, 15) is 14.4 Å². The first-order valence-electron chi connectivity index (χ1n) is 15.3. The zero-order chi connectivity index (χ0) is 31.1. The summed E-state index contributed by atoms with van der Waals surface area (Å²) in [4.78, 5) is 39.5. The summed E-state index contributed by atoms with van der Waals surface area (Å²) in [6, 6.07) is 26.1. The van der Waals surface area contributed by atoms with Crippen LogP contribution in [0, 0.1) is 0 Å². The fourth-order valence-electron chi connectivity index (χ4n) is 4.77. The normalized spacial score (nSPS) is 19.7. The Bertz CT molecular complexity index is 1300. The average Bonchev–Trinajstić information content (AvgIpc) is 3.07. The molecule has 0 bridgehead atoms. The Morgan fingerprint density at radius 3 is 1.70 bits per heavy atom. The van der Waals surface area contributed by atoms with Crippen LogP contribution in [0.3, 0.4) is 0 Å². The maximum absolute atomic E-state index is 13.3. The van der Waals surface area contributed by atoms with Gasteiger partial charge in [-0.2, -0.15) is 0 Å². The van der Waals surface area contributed by atoms with Crippen molar-refractivity contribution in [2.75, 3.05) is 6.61 Å². The van der Waals surface area contributed by atoms with Crippen molar-refractivity contribution < 1.29 is 33.3 Å². The molecule has 1 aliphatic rings. The van der Waals surface area contributed by atoms with Gasteiger partial charge in [0.05, 0.1) is 0 Å². The van der Waals surface area contributed by atoms with Gasteiger partial charge in [-0.3, -0.25) is 0 Å². The molecular formula is C35H41AsO7S. The molecule has 0 radical (unpaired) electrons. The van der Waals surface area contributed by atoms with Crippen molar-refractivity contribution >= 4 is 41.4 Å². The number of carbonyl (C=O) groups is 3. The fraction of sp³-hybridized carbons (Fsp3) is 0.400. The van der Waals surface area contributed by atoms with Gasteiger partial charge in [0, 0.05) is 0 Å². The van der Waals surface area contributed by atoms with Crippen LogP contribution < -0.4 is 0 Å². The second-order valence-corrected chi connectivity index (χ2v) is 19.2. The van der Waals surface area contributed by atoms with Gasteiger partial charge in [-0.15, -0.1) is 0 Å². The van der Waals surface area contributed by atoms with Crippen LogP contribution in [0.15, 0.2) is 91.0 Å². The van der Waals surface area contributed by atoms with E-state index < -0.39 is 49.7 Å². The van der Waals surface area contributed by atoms with Crippen LogP contribution >= 0.6 is 10.0 Å². The van der Waals surface area contributed by atoms with Gasteiger partial charge in [0.1, 0.15) is 0 Å². The number of unbranched alkanes of at least 4 members (excludes halogenated alkanes) is 2. The monoisotopic (exact) mass is 680 g/mol.